The van der Waals surface area contributed by atoms with E-state index in [1.807, 2.05) is 26.0 Å². The Kier molecular flexibility index (Phi) is 4.36. The number of anilines is 2. The molecular weight excluding hydrogens is 320 g/mol. The van der Waals surface area contributed by atoms with Gasteiger partial charge in [0.1, 0.15) is 5.69 Å². The molecular formula is C14H15BrN4O. The number of aromatic nitrogens is 1. The number of hydrazine groups is 1. The van der Waals surface area contributed by atoms with Crippen LogP contribution in [0, 0.1) is 13.8 Å². The van der Waals surface area contributed by atoms with Gasteiger partial charge in [0.15, 0.2) is 0 Å². The number of rotatable bonds is 3. The first-order chi connectivity index (χ1) is 9.51. The highest BCUT2D eigenvalue weighted by Crippen LogP contribution is 2.25. The lowest BCUT2D eigenvalue weighted by Crippen LogP contribution is -2.16. The zero-order chi connectivity index (χ0) is 14.7. The van der Waals surface area contributed by atoms with Crippen molar-refractivity contribution >= 4 is 33.2 Å². The highest BCUT2D eigenvalue weighted by Gasteiger charge is 2.11. The number of nitrogen functional groups attached to an aromatic ring is 1. The molecule has 1 aromatic heterocycles. The minimum atomic E-state index is -0.248. The summed E-state index contributed by atoms with van der Waals surface area (Å²) >= 11 is 3.43. The molecule has 0 saturated carbocycles. The summed E-state index contributed by atoms with van der Waals surface area (Å²) in [5, 5.41) is 2.89. The third-order valence-electron chi connectivity index (χ3n) is 2.90. The van der Waals surface area contributed by atoms with Crippen molar-refractivity contribution in [3.8, 4) is 0 Å². The van der Waals surface area contributed by atoms with Gasteiger partial charge in [0.05, 0.1) is 11.9 Å². The molecule has 0 bridgehead atoms. The summed E-state index contributed by atoms with van der Waals surface area (Å²) in [6, 6.07) is 7.23. The van der Waals surface area contributed by atoms with E-state index < -0.39 is 0 Å². The lowest BCUT2D eigenvalue weighted by Gasteiger charge is -2.12. The van der Waals surface area contributed by atoms with E-state index in [1.54, 1.807) is 12.1 Å². The first-order valence-corrected chi connectivity index (χ1v) is 6.81. The smallest absolute Gasteiger partial charge is 0.274 e. The van der Waals surface area contributed by atoms with Crippen LogP contribution in [0.5, 0.6) is 0 Å². The Morgan fingerprint density at radius 2 is 1.90 bits per heavy atom. The minimum Gasteiger partial charge on any atom is -0.323 e. The molecule has 0 saturated heterocycles. The maximum Gasteiger partial charge on any atom is 0.274 e. The van der Waals surface area contributed by atoms with Crippen LogP contribution in [0.4, 0.5) is 11.4 Å². The van der Waals surface area contributed by atoms with Gasteiger partial charge in [-0.3, -0.25) is 10.6 Å². The summed E-state index contributed by atoms with van der Waals surface area (Å²) < 4.78 is 0.988. The first-order valence-electron chi connectivity index (χ1n) is 6.02. The van der Waals surface area contributed by atoms with Gasteiger partial charge in [-0.1, -0.05) is 15.9 Å². The van der Waals surface area contributed by atoms with Crippen LogP contribution in [0.15, 0.2) is 34.9 Å². The fourth-order valence-corrected chi connectivity index (χ4v) is 2.59. The predicted molar refractivity (Wildman–Crippen MR) is 83.6 cm³/mol. The second-order valence-corrected chi connectivity index (χ2v) is 5.36. The molecule has 1 heterocycles. The number of hydrogen-bond acceptors (Lipinski definition) is 4. The van der Waals surface area contributed by atoms with Crippen LogP contribution in [0.1, 0.15) is 21.6 Å². The Morgan fingerprint density at radius 1 is 1.25 bits per heavy atom. The summed E-state index contributed by atoms with van der Waals surface area (Å²) in [6.45, 7) is 3.89. The van der Waals surface area contributed by atoms with E-state index in [4.69, 9.17) is 5.84 Å². The van der Waals surface area contributed by atoms with Crippen LogP contribution in [-0.2, 0) is 0 Å². The lowest BCUT2D eigenvalue weighted by atomic mass is 10.1. The largest absolute Gasteiger partial charge is 0.323 e. The molecule has 0 unspecified atom stereocenters. The number of carbonyl (C=O) groups excluding carboxylic acids is 1. The van der Waals surface area contributed by atoms with E-state index in [0.29, 0.717) is 11.4 Å². The normalized spacial score (nSPS) is 10.2. The van der Waals surface area contributed by atoms with Crippen molar-refractivity contribution in [1.29, 1.82) is 0 Å². The molecule has 0 aliphatic rings. The monoisotopic (exact) mass is 334 g/mol. The fourth-order valence-electron chi connectivity index (χ4n) is 1.90. The topological polar surface area (TPSA) is 80.0 Å². The van der Waals surface area contributed by atoms with Crippen LogP contribution < -0.4 is 16.6 Å². The van der Waals surface area contributed by atoms with Crippen LogP contribution >= 0.6 is 15.9 Å². The van der Waals surface area contributed by atoms with Gasteiger partial charge >= 0.3 is 0 Å². The SMILES string of the molecule is Cc1cc(Br)cc(C)c1NC(=O)c1ccc(NN)cn1. The van der Waals surface area contributed by atoms with Gasteiger partial charge in [-0.05, 0) is 49.2 Å². The van der Waals surface area contributed by atoms with Crippen molar-refractivity contribution in [3.63, 3.8) is 0 Å². The molecule has 1 amide bonds. The molecule has 0 aliphatic carbocycles. The summed E-state index contributed by atoms with van der Waals surface area (Å²) in [5.41, 5.74) is 6.25. The van der Waals surface area contributed by atoms with E-state index in [-0.39, 0.29) is 5.91 Å². The van der Waals surface area contributed by atoms with Gasteiger partial charge in [-0.25, -0.2) is 4.98 Å². The Labute approximate surface area is 125 Å². The Bertz CT molecular complexity index is 617. The molecule has 104 valence electrons. The number of carbonyl (C=O) groups is 1. The number of aryl methyl sites for hydroxylation is 2. The van der Waals surface area contributed by atoms with Gasteiger partial charge in [0.2, 0.25) is 0 Å². The number of halogens is 1. The number of amides is 1. The molecule has 20 heavy (non-hydrogen) atoms. The summed E-state index contributed by atoms with van der Waals surface area (Å²) in [7, 11) is 0. The molecule has 0 fully saturated rings. The fraction of sp³-hybridized carbons (Fsp3) is 0.143. The molecule has 6 heteroatoms. The molecule has 5 nitrogen and oxygen atoms in total. The van der Waals surface area contributed by atoms with E-state index >= 15 is 0 Å². The number of hydrogen-bond donors (Lipinski definition) is 3. The Hall–Kier alpha value is -1.92. The average Bonchev–Trinajstić information content (AvgIpc) is 2.42. The van der Waals surface area contributed by atoms with Crippen molar-refractivity contribution in [2.75, 3.05) is 10.7 Å². The molecule has 2 aromatic rings. The van der Waals surface area contributed by atoms with Crippen molar-refractivity contribution in [2.24, 2.45) is 5.84 Å². The van der Waals surface area contributed by atoms with Gasteiger partial charge in [0, 0.05) is 10.2 Å². The van der Waals surface area contributed by atoms with E-state index in [2.05, 4.69) is 31.7 Å². The van der Waals surface area contributed by atoms with Crippen molar-refractivity contribution in [3.05, 3.63) is 51.8 Å². The molecule has 0 aliphatic heterocycles. The van der Waals surface area contributed by atoms with E-state index in [9.17, 15) is 4.79 Å². The molecule has 0 radical (unpaired) electrons. The Morgan fingerprint density at radius 3 is 2.40 bits per heavy atom. The number of nitrogens with two attached hydrogens (primary N) is 1. The number of benzene rings is 1. The maximum absolute atomic E-state index is 12.2. The minimum absolute atomic E-state index is 0.248. The van der Waals surface area contributed by atoms with Crippen molar-refractivity contribution < 1.29 is 4.79 Å². The standard InChI is InChI=1S/C14H15BrN4O/c1-8-5-10(15)6-9(2)13(8)18-14(20)12-4-3-11(19-16)7-17-12/h3-7,19H,16H2,1-2H3,(H,18,20). The van der Waals surface area contributed by atoms with E-state index in [1.165, 1.54) is 6.20 Å². The van der Waals surface area contributed by atoms with Gasteiger partial charge < -0.3 is 10.7 Å². The molecule has 4 N–H and O–H groups in total. The lowest BCUT2D eigenvalue weighted by molar-refractivity contribution is 0.102. The number of nitrogens with one attached hydrogen (secondary N) is 2. The molecule has 0 atom stereocenters. The van der Waals surface area contributed by atoms with Crippen molar-refractivity contribution in [1.82, 2.24) is 4.98 Å². The van der Waals surface area contributed by atoms with Crippen LogP contribution in [-0.4, -0.2) is 10.9 Å². The first kappa shape index (κ1) is 14.5. The summed E-state index contributed by atoms with van der Waals surface area (Å²) in [5.74, 6) is 5.01. The average molecular weight is 335 g/mol. The summed E-state index contributed by atoms with van der Waals surface area (Å²) in [4.78, 5) is 16.2. The Balaban J connectivity index is 2.23. The highest BCUT2D eigenvalue weighted by atomic mass is 79.9. The van der Waals surface area contributed by atoms with Crippen LogP contribution in [0.3, 0.4) is 0 Å². The third-order valence-corrected chi connectivity index (χ3v) is 3.36. The second kappa shape index (κ2) is 6.02. The van der Waals surface area contributed by atoms with Gasteiger partial charge in [0.25, 0.3) is 5.91 Å². The second-order valence-electron chi connectivity index (χ2n) is 4.45. The van der Waals surface area contributed by atoms with Gasteiger partial charge in [-0.2, -0.15) is 0 Å². The highest BCUT2D eigenvalue weighted by molar-refractivity contribution is 9.10. The zero-order valence-corrected chi connectivity index (χ0v) is 12.8. The predicted octanol–water partition coefficient (Wildman–Crippen LogP) is 3.00. The maximum atomic E-state index is 12.2. The number of nitrogens with zero attached hydrogens (tertiary/aromatic N) is 1. The van der Waals surface area contributed by atoms with Crippen LogP contribution in [0.25, 0.3) is 0 Å². The molecule has 2 rings (SSSR count). The molecule has 1 aromatic carbocycles. The molecule has 0 spiro atoms. The van der Waals surface area contributed by atoms with Crippen LogP contribution in [0.2, 0.25) is 0 Å². The zero-order valence-electron chi connectivity index (χ0n) is 11.2. The number of pyridine rings is 1. The van der Waals surface area contributed by atoms with Crippen molar-refractivity contribution in [2.45, 2.75) is 13.8 Å². The van der Waals surface area contributed by atoms with E-state index in [0.717, 1.165) is 21.3 Å². The van der Waals surface area contributed by atoms with Gasteiger partial charge in [-0.15, -0.1) is 0 Å². The quantitative estimate of drug-likeness (QED) is 0.595. The third kappa shape index (κ3) is 3.15. The summed E-state index contributed by atoms with van der Waals surface area (Å²) in [6.07, 6.45) is 1.51.